The highest BCUT2D eigenvalue weighted by molar-refractivity contribution is 7.33. The molecule has 0 aliphatic heterocycles. The van der Waals surface area contributed by atoms with Gasteiger partial charge in [0.1, 0.15) is 0 Å². The summed E-state index contributed by atoms with van der Waals surface area (Å²) in [7, 11) is -1.33. The van der Waals surface area contributed by atoms with Gasteiger partial charge in [0.15, 0.2) is 0 Å². The minimum atomic E-state index is -1.33. The van der Waals surface area contributed by atoms with Crippen molar-refractivity contribution in [2.24, 2.45) is 0 Å². The van der Waals surface area contributed by atoms with Crippen LogP contribution in [0.15, 0.2) is 0 Å². The Morgan fingerprint density at radius 3 is 1.22 bits per heavy atom. The Bertz CT molecular complexity index is 157. The average molecular weight is 313 g/mol. The van der Waals surface area contributed by atoms with Gasteiger partial charge in [0.2, 0.25) is 7.42 Å². The van der Waals surface area contributed by atoms with Gasteiger partial charge in [-0.25, -0.2) is 0 Å². The monoisotopic (exact) mass is 312 g/mol. The zero-order valence-corrected chi connectivity index (χ0v) is 14.3. The molecule has 0 aliphatic carbocycles. The molecule has 0 rings (SSSR count). The lowest BCUT2D eigenvalue weighted by molar-refractivity contribution is 0.282. The molecule has 0 aromatic heterocycles. The number of halogens is 2. The van der Waals surface area contributed by atoms with Crippen LogP contribution in [0.1, 0.15) is 77.0 Å². The second-order valence-electron chi connectivity index (χ2n) is 5.15. The Hall–Kier alpha value is 0.757. The molecule has 0 aromatic carbocycles. The SMILES string of the molecule is OCCCCCCCCCCCCCC[SiH](Cl)Cl. The van der Waals surface area contributed by atoms with Crippen LogP contribution in [0.2, 0.25) is 6.04 Å². The molecule has 0 radical (unpaired) electrons. The Kier molecular flexibility index (Phi) is 16.5. The second-order valence-corrected chi connectivity index (χ2v) is 10.3. The highest BCUT2D eigenvalue weighted by atomic mass is 35.7. The number of hydrogen-bond acceptors (Lipinski definition) is 1. The van der Waals surface area contributed by atoms with Crippen LogP contribution in [-0.4, -0.2) is 19.1 Å². The van der Waals surface area contributed by atoms with Gasteiger partial charge in [0, 0.05) is 6.61 Å². The summed E-state index contributed by atoms with van der Waals surface area (Å²) in [5, 5.41) is 8.65. The van der Waals surface area contributed by atoms with Gasteiger partial charge in [0.05, 0.1) is 0 Å². The molecule has 0 aliphatic rings. The van der Waals surface area contributed by atoms with Crippen molar-refractivity contribution in [2.45, 2.75) is 83.1 Å². The summed E-state index contributed by atoms with van der Waals surface area (Å²) in [4.78, 5) is 0. The number of aliphatic hydroxyl groups is 1. The van der Waals surface area contributed by atoms with E-state index in [0.29, 0.717) is 6.61 Å². The molecule has 0 spiro atoms. The smallest absolute Gasteiger partial charge is 0.237 e. The quantitative estimate of drug-likeness (QED) is 0.260. The highest BCUT2D eigenvalue weighted by Crippen LogP contribution is 2.14. The Morgan fingerprint density at radius 1 is 0.556 bits per heavy atom. The molecule has 0 fully saturated rings. The van der Waals surface area contributed by atoms with Crippen molar-refractivity contribution in [3.8, 4) is 0 Å². The normalized spacial score (nSPS) is 11.3. The minimum absolute atomic E-state index is 0.358. The van der Waals surface area contributed by atoms with E-state index < -0.39 is 7.42 Å². The number of unbranched alkanes of at least 4 members (excludes halogenated alkanes) is 11. The molecule has 1 N–H and O–H groups in total. The summed E-state index contributed by atoms with van der Waals surface area (Å²) >= 11 is 11.6. The van der Waals surface area contributed by atoms with Crippen molar-refractivity contribution in [2.75, 3.05) is 6.61 Å². The summed E-state index contributed by atoms with van der Waals surface area (Å²) in [6, 6.07) is 1.08. The zero-order valence-electron chi connectivity index (χ0n) is 11.7. The molecule has 110 valence electrons. The van der Waals surface area contributed by atoms with Gasteiger partial charge < -0.3 is 5.11 Å². The van der Waals surface area contributed by atoms with Crippen molar-refractivity contribution in [3.63, 3.8) is 0 Å². The molecular weight excluding hydrogens is 283 g/mol. The fraction of sp³-hybridized carbons (Fsp3) is 1.00. The summed E-state index contributed by atoms with van der Waals surface area (Å²) < 4.78 is 0. The topological polar surface area (TPSA) is 20.2 Å². The van der Waals surface area contributed by atoms with Crippen LogP contribution in [0.5, 0.6) is 0 Å². The van der Waals surface area contributed by atoms with E-state index in [1.54, 1.807) is 0 Å². The molecule has 0 atom stereocenters. The van der Waals surface area contributed by atoms with E-state index in [1.807, 2.05) is 0 Å². The van der Waals surface area contributed by atoms with Gasteiger partial charge in [-0.1, -0.05) is 70.6 Å². The van der Waals surface area contributed by atoms with Gasteiger partial charge in [-0.3, -0.25) is 0 Å². The molecule has 0 bridgehead atoms. The van der Waals surface area contributed by atoms with E-state index in [0.717, 1.165) is 12.5 Å². The molecule has 1 nitrogen and oxygen atoms in total. The Balaban J connectivity index is 2.90. The van der Waals surface area contributed by atoms with Crippen LogP contribution >= 0.6 is 22.2 Å². The molecule has 0 amide bonds. The lowest BCUT2D eigenvalue weighted by atomic mass is 10.1. The summed E-state index contributed by atoms with van der Waals surface area (Å²) in [5.41, 5.74) is 0. The standard InChI is InChI=1S/C14H30Cl2OSi/c15-18(16)14-12-10-8-6-4-2-1-3-5-7-9-11-13-17/h17-18H,1-14H2. The average Bonchev–Trinajstić information content (AvgIpc) is 2.34. The summed E-state index contributed by atoms with van der Waals surface area (Å²) in [6.07, 6.45) is 15.6. The number of rotatable bonds is 14. The Morgan fingerprint density at radius 2 is 0.889 bits per heavy atom. The van der Waals surface area contributed by atoms with Gasteiger partial charge in [-0.2, -0.15) is 22.2 Å². The molecule has 0 unspecified atom stereocenters. The van der Waals surface area contributed by atoms with Crippen LogP contribution < -0.4 is 0 Å². The first-order chi connectivity index (χ1) is 8.77. The zero-order chi connectivity index (χ0) is 13.5. The predicted octanol–water partition coefficient (Wildman–Crippen LogP) is 5.36. The van der Waals surface area contributed by atoms with Crippen molar-refractivity contribution in [1.82, 2.24) is 0 Å². The predicted molar refractivity (Wildman–Crippen MR) is 86.2 cm³/mol. The molecule has 18 heavy (non-hydrogen) atoms. The van der Waals surface area contributed by atoms with E-state index in [4.69, 9.17) is 27.3 Å². The highest BCUT2D eigenvalue weighted by Gasteiger charge is 2.00. The molecule has 0 aromatic rings. The Labute approximate surface area is 124 Å². The lowest BCUT2D eigenvalue weighted by Crippen LogP contribution is -1.91. The van der Waals surface area contributed by atoms with Crippen molar-refractivity contribution >= 4 is 29.6 Å². The second kappa shape index (κ2) is 15.8. The summed E-state index contributed by atoms with van der Waals surface area (Å²) in [5.74, 6) is 0. The van der Waals surface area contributed by atoms with E-state index in [9.17, 15) is 0 Å². The fourth-order valence-corrected chi connectivity index (χ4v) is 3.70. The van der Waals surface area contributed by atoms with Crippen LogP contribution in [0.4, 0.5) is 0 Å². The molecule has 0 heterocycles. The van der Waals surface area contributed by atoms with Crippen molar-refractivity contribution in [1.29, 1.82) is 0 Å². The lowest BCUT2D eigenvalue weighted by Gasteiger charge is -2.03. The van der Waals surface area contributed by atoms with Gasteiger partial charge >= 0.3 is 0 Å². The molecular formula is C14H30Cl2OSi. The molecule has 0 saturated heterocycles. The third-order valence-corrected chi connectivity index (χ3v) is 5.48. The van der Waals surface area contributed by atoms with Crippen molar-refractivity contribution < 1.29 is 5.11 Å². The van der Waals surface area contributed by atoms with Crippen LogP contribution in [-0.2, 0) is 0 Å². The van der Waals surface area contributed by atoms with E-state index in [1.165, 1.54) is 70.6 Å². The third kappa shape index (κ3) is 16.8. The fourth-order valence-electron chi connectivity index (χ4n) is 2.18. The maximum atomic E-state index is 8.65. The maximum Gasteiger partial charge on any atom is 0.237 e. The van der Waals surface area contributed by atoms with Gasteiger partial charge in [-0.05, 0) is 12.5 Å². The van der Waals surface area contributed by atoms with E-state index in [2.05, 4.69) is 0 Å². The van der Waals surface area contributed by atoms with Crippen LogP contribution in [0.25, 0.3) is 0 Å². The number of aliphatic hydroxyl groups excluding tert-OH is 1. The molecule has 0 saturated carbocycles. The number of hydrogen-bond donors (Lipinski definition) is 1. The third-order valence-electron chi connectivity index (χ3n) is 3.33. The minimum Gasteiger partial charge on any atom is -0.396 e. The largest absolute Gasteiger partial charge is 0.396 e. The van der Waals surface area contributed by atoms with Gasteiger partial charge in [0.25, 0.3) is 0 Å². The van der Waals surface area contributed by atoms with Crippen LogP contribution in [0.3, 0.4) is 0 Å². The summed E-state index contributed by atoms with van der Waals surface area (Å²) in [6.45, 7) is 0.358. The van der Waals surface area contributed by atoms with Crippen molar-refractivity contribution in [3.05, 3.63) is 0 Å². The van der Waals surface area contributed by atoms with Gasteiger partial charge in [-0.15, -0.1) is 0 Å². The van der Waals surface area contributed by atoms with E-state index in [-0.39, 0.29) is 0 Å². The maximum absolute atomic E-state index is 8.65. The first kappa shape index (κ1) is 18.8. The first-order valence-electron chi connectivity index (χ1n) is 7.66. The van der Waals surface area contributed by atoms with Crippen LogP contribution in [0, 0.1) is 0 Å². The molecule has 4 heteroatoms. The van der Waals surface area contributed by atoms with E-state index >= 15 is 0 Å². The first-order valence-corrected chi connectivity index (χ1v) is 12.0.